The minimum Gasteiger partial charge on any atom is -0.387 e. The fourth-order valence-corrected chi connectivity index (χ4v) is 3.10. The highest BCUT2D eigenvalue weighted by molar-refractivity contribution is 5.77. The molecule has 0 bridgehead atoms. The van der Waals surface area contributed by atoms with Crippen LogP contribution in [0.15, 0.2) is 30.3 Å². The average Bonchev–Trinajstić information content (AvgIpc) is 2.59. The van der Waals surface area contributed by atoms with Crippen molar-refractivity contribution in [3.8, 4) is 0 Å². The van der Waals surface area contributed by atoms with Gasteiger partial charge >= 0.3 is 0 Å². The summed E-state index contributed by atoms with van der Waals surface area (Å²) in [6.07, 6.45) is 1.37. The Morgan fingerprint density at radius 2 is 2.00 bits per heavy atom. The number of nitrogens with one attached hydrogen (secondary N) is 1. The van der Waals surface area contributed by atoms with Crippen LogP contribution in [0, 0.1) is 0 Å². The Bertz CT molecular complexity index is 499. The zero-order valence-electron chi connectivity index (χ0n) is 14.8. The molecule has 1 saturated heterocycles. The summed E-state index contributed by atoms with van der Waals surface area (Å²) in [4.78, 5) is 14.4. The Morgan fingerprint density at radius 1 is 1.33 bits per heavy atom. The fourth-order valence-electron chi connectivity index (χ4n) is 3.10. The first-order valence-electron chi connectivity index (χ1n) is 8.84. The number of amides is 1. The number of benzene rings is 1. The molecule has 1 aromatic rings. The molecular weight excluding hydrogens is 304 g/mol. The summed E-state index contributed by atoms with van der Waals surface area (Å²) in [7, 11) is 0. The minimum atomic E-state index is -0.929. The lowest BCUT2D eigenvalue weighted by molar-refractivity contribution is -0.123. The van der Waals surface area contributed by atoms with E-state index in [4.69, 9.17) is 4.74 Å². The second kappa shape index (κ2) is 9.16. The van der Waals surface area contributed by atoms with Crippen LogP contribution in [-0.2, 0) is 9.53 Å². The van der Waals surface area contributed by atoms with Gasteiger partial charge in [0.25, 0.3) is 0 Å². The van der Waals surface area contributed by atoms with E-state index in [1.807, 2.05) is 18.2 Å². The van der Waals surface area contributed by atoms with E-state index in [-0.39, 0.29) is 18.4 Å². The second-order valence-electron chi connectivity index (χ2n) is 6.88. The molecule has 1 heterocycles. The molecule has 24 heavy (non-hydrogen) atoms. The molecular formula is C19H30N2O3. The van der Waals surface area contributed by atoms with Crippen LogP contribution in [-0.4, -0.2) is 60.9 Å². The first kappa shape index (κ1) is 18.9. The predicted molar refractivity (Wildman–Crippen MR) is 95.0 cm³/mol. The second-order valence-corrected chi connectivity index (χ2v) is 6.88. The monoisotopic (exact) mass is 334 g/mol. The van der Waals surface area contributed by atoms with E-state index in [9.17, 15) is 9.90 Å². The van der Waals surface area contributed by atoms with Crippen LogP contribution in [0.5, 0.6) is 0 Å². The van der Waals surface area contributed by atoms with Crippen molar-refractivity contribution >= 4 is 5.91 Å². The first-order chi connectivity index (χ1) is 11.5. The Balaban J connectivity index is 1.78. The van der Waals surface area contributed by atoms with Crippen molar-refractivity contribution in [2.75, 3.05) is 39.4 Å². The molecule has 134 valence electrons. The van der Waals surface area contributed by atoms with Gasteiger partial charge in [-0.05, 0) is 24.8 Å². The highest BCUT2D eigenvalue weighted by Crippen LogP contribution is 2.22. The first-order valence-corrected chi connectivity index (χ1v) is 8.84. The molecule has 1 aliphatic heterocycles. The van der Waals surface area contributed by atoms with E-state index in [1.54, 1.807) is 6.92 Å². The zero-order valence-corrected chi connectivity index (χ0v) is 14.8. The maximum atomic E-state index is 12.3. The molecule has 2 atom stereocenters. The van der Waals surface area contributed by atoms with Gasteiger partial charge in [-0.1, -0.05) is 37.3 Å². The van der Waals surface area contributed by atoms with Gasteiger partial charge in [0.1, 0.15) is 0 Å². The standard InChI is InChI=1S/C19H30N2O3/c1-3-16(17-7-5-4-6-8-17)13-18(22)20-14-19(2,23)15-21-9-11-24-12-10-21/h4-8,16,23H,3,9-15H2,1-2H3,(H,20,22). The summed E-state index contributed by atoms with van der Waals surface area (Å²) in [6, 6.07) is 10.1. The van der Waals surface area contributed by atoms with E-state index >= 15 is 0 Å². The van der Waals surface area contributed by atoms with Crippen LogP contribution in [0.25, 0.3) is 0 Å². The zero-order chi connectivity index (χ0) is 17.4. The molecule has 1 fully saturated rings. The third-order valence-corrected chi connectivity index (χ3v) is 4.53. The van der Waals surface area contributed by atoms with E-state index in [0.29, 0.717) is 26.2 Å². The largest absolute Gasteiger partial charge is 0.387 e. The number of carbonyl (C=O) groups is 1. The highest BCUT2D eigenvalue weighted by atomic mass is 16.5. The van der Waals surface area contributed by atoms with E-state index < -0.39 is 5.60 Å². The van der Waals surface area contributed by atoms with Crippen LogP contribution in [0.2, 0.25) is 0 Å². The van der Waals surface area contributed by atoms with Crippen LogP contribution >= 0.6 is 0 Å². The molecule has 1 aromatic carbocycles. The maximum absolute atomic E-state index is 12.3. The molecule has 1 amide bonds. The minimum absolute atomic E-state index is 0.00652. The molecule has 2 unspecified atom stereocenters. The summed E-state index contributed by atoms with van der Waals surface area (Å²) in [5.41, 5.74) is 0.261. The summed E-state index contributed by atoms with van der Waals surface area (Å²) >= 11 is 0. The average molecular weight is 334 g/mol. The molecule has 5 nitrogen and oxygen atoms in total. The summed E-state index contributed by atoms with van der Waals surface area (Å²) < 4.78 is 5.32. The molecule has 5 heteroatoms. The molecule has 0 spiro atoms. The van der Waals surface area contributed by atoms with E-state index in [1.165, 1.54) is 5.56 Å². The van der Waals surface area contributed by atoms with Crippen molar-refractivity contribution in [1.82, 2.24) is 10.2 Å². The molecule has 2 rings (SSSR count). The lowest BCUT2D eigenvalue weighted by Gasteiger charge is -2.34. The number of hydrogen-bond donors (Lipinski definition) is 2. The lowest BCUT2D eigenvalue weighted by atomic mass is 9.93. The molecule has 2 N–H and O–H groups in total. The van der Waals surface area contributed by atoms with Gasteiger partial charge in [-0.2, -0.15) is 0 Å². The normalized spacial score (nSPS) is 19.5. The number of ether oxygens (including phenoxy) is 1. The highest BCUT2D eigenvalue weighted by Gasteiger charge is 2.26. The number of carbonyl (C=O) groups excluding carboxylic acids is 1. The van der Waals surface area contributed by atoms with Gasteiger partial charge in [-0.25, -0.2) is 0 Å². The molecule has 0 aliphatic carbocycles. The van der Waals surface area contributed by atoms with Crippen molar-refractivity contribution in [2.45, 2.75) is 38.2 Å². The Morgan fingerprint density at radius 3 is 2.62 bits per heavy atom. The number of morpholine rings is 1. The number of aliphatic hydroxyl groups is 1. The molecule has 0 saturated carbocycles. The lowest BCUT2D eigenvalue weighted by Crippen LogP contribution is -2.51. The van der Waals surface area contributed by atoms with Crippen molar-refractivity contribution in [1.29, 1.82) is 0 Å². The fraction of sp³-hybridized carbons (Fsp3) is 0.632. The van der Waals surface area contributed by atoms with Gasteiger partial charge in [0.05, 0.1) is 18.8 Å². The van der Waals surface area contributed by atoms with E-state index in [0.717, 1.165) is 19.5 Å². The third kappa shape index (κ3) is 6.23. The number of hydrogen-bond acceptors (Lipinski definition) is 4. The number of β-amino-alcohol motifs (C(OH)–C–C–N with tert-alkyl or cyclic N) is 1. The SMILES string of the molecule is CCC(CC(=O)NCC(C)(O)CN1CCOCC1)c1ccccc1. The van der Waals surface area contributed by atoms with Crippen LogP contribution in [0.1, 0.15) is 38.2 Å². The van der Waals surface area contributed by atoms with Gasteiger partial charge in [-0.3, -0.25) is 9.69 Å². The molecule has 0 radical (unpaired) electrons. The number of nitrogens with zero attached hydrogens (tertiary/aromatic N) is 1. The topological polar surface area (TPSA) is 61.8 Å². The summed E-state index contributed by atoms with van der Waals surface area (Å²) in [6.45, 7) is 7.76. The smallest absolute Gasteiger partial charge is 0.220 e. The maximum Gasteiger partial charge on any atom is 0.220 e. The molecule has 1 aliphatic rings. The van der Waals surface area contributed by atoms with Crippen molar-refractivity contribution in [3.63, 3.8) is 0 Å². The third-order valence-electron chi connectivity index (χ3n) is 4.53. The Hall–Kier alpha value is -1.43. The van der Waals surface area contributed by atoms with Gasteiger partial charge in [0.2, 0.25) is 5.91 Å². The van der Waals surface area contributed by atoms with Crippen LogP contribution in [0.3, 0.4) is 0 Å². The summed E-state index contributed by atoms with van der Waals surface area (Å²) in [5, 5.41) is 13.4. The van der Waals surface area contributed by atoms with Crippen LogP contribution < -0.4 is 5.32 Å². The summed E-state index contributed by atoms with van der Waals surface area (Å²) in [5.74, 6) is 0.211. The van der Waals surface area contributed by atoms with Gasteiger partial charge in [-0.15, -0.1) is 0 Å². The van der Waals surface area contributed by atoms with Crippen molar-refractivity contribution in [2.24, 2.45) is 0 Å². The van der Waals surface area contributed by atoms with Gasteiger partial charge in [0.15, 0.2) is 0 Å². The van der Waals surface area contributed by atoms with Crippen LogP contribution in [0.4, 0.5) is 0 Å². The predicted octanol–water partition coefficient (Wildman–Crippen LogP) is 1.77. The Labute approximate surface area is 145 Å². The van der Waals surface area contributed by atoms with Gasteiger partial charge < -0.3 is 15.2 Å². The van der Waals surface area contributed by atoms with E-state index in [2.05, 4.69) is 29.3 Å². The van der Waals surface area contributed by atoms with Crippen molar-refractivity contribution < 1.29 is 14.6 Å². The Kier molecular flexibility index (Phi) is 7.21. The van der Waals surface area contributed by atoms with Crippen molar-refractivity contribution in [3.05, 3.63) is 35.9 Å². The van der Waals surface area contributed by atoms with Gasteiger partial charge in [0, 0.05) is 32.6 Å². The molecule has 0 aromatic heterocycles. The number of rotatable bonds is 8. The quantitative estimate of drug-likeness (QED) is 0.761.